The van der Waals surface area contributed by atoms with Crippen molar-refractivity contribution in [1.82, 2.24) is 36.4 Å². The minimum absolute atomic E-state index is 0.0178. The predicted molar refractivity (Wildman–Crippen MR) is 97.3 cm³/mol. The number of amides is 1. The minimum atomic E-state index is -0.0844. The van der Waals surface area contributed by atoms with E-state index in [4.69, 9.17) is 0 Å². The van der Waals surface area contributed by atoms with Crippen molar-refractivity contribution in [3.63, 3.8) is 0 Å². The first-order valence-electron chi connectivity index (χ1n) is 9.14. The first kappa shape index (κ1) is 17.1. The SMILES string of the molecule is O=C1NC(=NCCCN2CCN(c3ncccn3)CC2)NC2NNCC12. The third-order valence-electron chi connectivity index (χ3n) is 4.96. The summed E-state index contributed by atoms with van der Waals surface area (Å²) in [4.78, 5) is 29.7. The van der Waals surface area contributed by atoms with Gasteiger partial charge in [0.15, 0.2) is 5.96 Å². The number of aromatic nitrogens is 2. The van der Waals surface area contributed by atoms with Crippen LogP contribution in [0.3, 0.4) is 0 Å². The van der Waals surface area contributed by atoms with Crippen molar-refractivity contribution in [3.8, 4) is 0 Å². The van der Waals surface area contributed by atoms with Gasteiger partial charge in [0.1, 0.15) is 6.17 Å². The quantitative estimate of drug-likeness (QED) is 0.452. The van der Waals surface area contributed by atoms with Crippen LogP contribution in [0.25, 0.3) is 0 Å². The zero-order valence-electron chi connectivity index (χ0n) is 14.7. The second-order valence-electron chi connectivity index (χ2n) is 6.70. The van der Waals surface area contributed by atoms with Gasteiger partial charge in [0, 0.05) is 58.2 Å². The normalized spacial score (nSPS) is 27.9. The number of nitrogens with zero attached hydrogens (tertiary/aromatic N) is 5. The van der Waals surface area contributed by atoms with Gasteiger partial charge in [-0.15, -0.1) is 0 Å². The summed E-state index contributed by atoms with van der Waals surface area (Å²) in [6.07, 6.45) is 4.45. The van der Waals surface area contributed by atoms with Crippen molar-refractivity contribution >= 4 is 17.8 Å². The average molecular weight is 359 g/mol. The molecule has 1 amide bonds. The van der Waals surface area contributed by atoms with E-state index in [0.29, 0.717) is 19.0 Å². The van der Waals surface area contributed by atoms with Gasteiger partial charge in [-0.1, -0.05) is 0 Å². The average Bonchev–Trinajstić information content (AvgIpc) is 3.16. The van der Waals surface area contributed by atoms with Gasteiger partial charge in [-0.25, -0.2) is 15.4 Å². The van der Waals surface area contributed by atoms with Gasteiger partial charge >= 0.3 is 0 Å². The van der Waals surface area contributed by atoms with Gasteiger partial charge in [0.25, 0.3) is 0 Å². The summed E-state index contributed by atoms with van der Waals surface area (Å²) in [5.41, 5.74) is 6.05. The Labute approximate surface area is 152 Å². The lowest BCUT2D eigenvalue weighted by atomic mass is 10.1. The molecule has 140 valence electrons. The maximum atomic E-state index is 12.0. The summed E-state index contributed by atoms with van der Waals surface area (Å²) in [5, 5.41) is 6.05. The Morgan fingerprint density at radius 2 is 2.00 bits per heavy atom. The first-order valence-corrected chi connectivity index (χ1v) is 9.14. The van der Waals surface area contributed by atoms with Crippen LogP contribution >= 0.6 is 0 Å². The standard InChI is InChI=1S/C16H25N9O/c26-14-12-11-20-23-13(12)21-15(22-14)17-5-2-6-24-7-9-25(10-8-24)16-18-3-1-4-19-16/h1,3-4,12-13,20,23H,2,5-11H2,(H2,17,21,22,26). The van der Waals surface area contributed by atoms with Gasteiger partial charge in [-0.05, 0) is 12.5 Å². The topological polar surface area (TPSA) is 110 Å². The zero-order valence-corrected chi connectivity index (χ0v) is 14.7. The number of piperazine rings is 1. The van der Waals surface area contributed by atoms with E-state index < -0.39 is 0 Å². The van der Waals surface area contributed by atoms with Crippen molar-refractivity contribution in [2.24, 2.45) is 10.9 Å². The van der Waals surface area contributed by atoms with Gasteiger partial charge in [0.2, 0.25) is 11.9 Å². The van der Waals surface area contributed by atoms with Crippen LogP contribution in [0.15, 0.2) is 23.5 Å². The van der Waals surface area contributed by atoms with E-state index in [-0.39, 0.29) is 18.0 Å². The molecule has 2 atom stereocenters. The number of guanidine groups is 1. The van der Waals surface area contributed by atoms with E-state index in [1.807, 2.05) is 6.07 Å². The van der Waals surface area contributed by atoms with Crippen LogP contribution in [-0.2, 0) is 4.79 Å². The Balaban J connectivity index is 1.17. The fourth-order valence-corrected chi connectivity index (χ4v) is 3.47. The Kier molecular flexibility index (Phi) is 5.23. The van der Waals surface area contributed by atoms with Crippen LogP contribution < -0.4 is 26.4 Å². The number of fused-ring (bicyclic) bond motifs is 1. The van der Waals surface area contributed by atoms with Crippen molar-refractivity contribution in [2.45, 2.75) is 12.6 Å². The van der Waals surface area contributed by atoms with Gasteiger partial charge in [-0.2, -0.15) is 0 Å². The Hall–Kier alpha value is -2.30. The smallest absolute Gasteiger partial charge is 0.234 e. The molecule has 1 aromatic heterocycles. The molecule has 26 heavy (non-hydrogen) atoms. The lowest BCUT2D eigenvalue weighted by Crippen LogP contribution is -2.61. The van der Waals surface area contributed by atoms with Crippen molar-refractivity contribution < 1.29 is 4.79 Å². The highest BCUT2D eigenvalue weighted by atomic mass is 16.2. The van der Waals surface area contributed by atoms with Crippen LogP contribution in [0.2, 0.25) is 0 Å². The van der Waals surface area contributed by atoms with E-state index in [9.17, 15) is 4.79 Å². The van der Waals surface area contributed by atoms with Crippen LogP contribution in [-0.4, -0.2) is 78.7 Å². The molecule has 10 heteroatoms. The number of nitrogens with one attached hydrogen (secondary N) is 4. The molecule has 10 nitrogen and oxygen atoms in total. The van der Waals surface area contributed by atoms with Crippen LogP contribution in [0, 0.1) is 5.92 Å². The molecule has 0 spiro atoms. The molecule has 0 bridgehead atoms. The molecule has 0 aromatic carbocycles. The highest BCUT2D eigenvalue weighted by Crippen LogP contribution is 2.10. The largest absolute Gasteiger partial charge is 0.339 e. The summed E-state index contributed by atoms with van der Waals surface area (Å²) in [6.45, 7) is 6.22. The lowest BCUT2D eigenvalue weighted by Gasteiger charge is -2.34. The van der Waals surface area contributed by atoms with Crippen molar-refractivity contribution in [3.05, 3.63) is 18.5 Å². The third kappa shape index (κ3) is 3.92. The zero-order chi connectivity index (χ0) is 17.8. The van der Waals surface area contributed by atoms with E-state index in [2.05, 4.69) is 46.2 Å². The molecule has 0 saturated carbocycles. The number of hydrazine groups is 1. The molecular weight excluding hydrogens is 334 g/mol. The van der Waals surface area contributed by atoms with Crippen molar-refractivity contribution in [1.29, 1.82) is 0 Å². The molecule has 0 radical (unpaired) electrons. The second kappa shape index (κ2) is 7.94. The summed E-state index contributed by atoms with van der Waals surface area (Å²) in [5.74, 6) is 1.31. The Morgan fingerprint density at radius 1 is 1.19 bits per heavy atom. The fraction of sp³-hybridized carbons (Fsp3) is 0.625. The number of carbonyl (C=O) groups excluding carboxylic acids is 1. The Morgan fingerprint density at radius 3 is 2.81 bits per heavy atom. The molecule has 4 heterocycles. The number of aliphatic imine (C=N–C) groups is 1. The van der Waals surface area contributed by atoms with Crippen LogP contribution in [0.5, 0.6) is 0 Å². The highest BCUT2D eigenvalue weighted by Gasteiger charge is 2.37. The van der Waals surface area contributed by atoms with E-state index in [1.165, 1.54) is 0 Å². The summed E-state index contributed by atoms with van der Waals surface area (Å²) < 4.78 is 0. The summed E-state index contributed by atoms with van der Waals surface area (Å²) in [7, 11) is 0. The predicted octanol–water partition coefficient (Wildman–Crippen LogP) is -1.89. The van der Waals surface area contributed by atoms with Gasteiger partial charge in [-0.3, -0.25) is 25.4 Å². The molecule has 4 N–H and O–H groups in total. The maximum Gasteiger partial charge on any atom is 0.234 e. The van der Waals surface area contributed by atoms with E-state index in [0.717, 1.165) is 45.1 Å². The molecule has 3 aliphatic rings. The molecular formula is C16H25N9O. The van der Waals surface area contributed by atoms with Crippen LogP contribution in [0.4, 0.5) is 5.95 Å². The van der Waals surface area contributed by atoms with Crippen molar-refractivity contribution in [2.75, 3.05) is 50.7 Å². The lowest BCUT2D eigenvalue weighted by molar-refractivity contribution is -0.124. The van der Waals surface area contributed by atoms with Gasteiger partial charge in [0.05, 0.1) is 5.92 Å². The summed E-state index contributed by atoms with van der Waals surface area (Å²) >= 11 is 0. The number of rotatable bonds is 5. The number of anilines is 1. The van der Waals surface area contributed by atoms with Gasteiger partial charge < -0.3 is 10.2 Å². The maximum absolute atomic E-state index is 12.0. The first-order chi connectivity index (χ1) is 12.8. The molecule has 2 unspecified atom stereocenters. The Bertz CT molecular complexity index is 644. The number of hydrogen-bond acceptors (Lipinski definition) is 8. The molecule has 3 aliphatic heterocycles. The highest BCUT2D eigenvalue weighted by molar-refractivity contribution is 6.01. The molecule has 1 aromatic rings. The van der Waals surface area contributed by atoms with E-state index in [1.54, 1.807) is 12.4 Å². The van der Waals surface area contributed by atoms with E-state index >= 15 is 0 Å². The number of hydrogen-bond donors (Lipinski definition) is 4. The monoisotopic (exact) mass is 359 g/mol. The molecule has 3 fully saturated rings. The molecule has 3 saturated heterocycles. The number of carbonyl (C=O) groups is 1. The summed E-state index contributed by atoms with van der Waals surface area (Å²) in [6, 6.07) is 1.84. The second-order valence-corrected chi connectivity index (χ2v) is 6.70. The van der Waals surface area contributed by atoms with Crippen LogP contribution in [0.1, 0.15) is 6.42 Å². The minimum Gasteiger partial charge on any atom is -0.339 e. The molecule has 4 rings (SSSR count). The fourth-order valence-electron chi connectivity index (χ4n) is 3.47. The third-order valence-corrected chi connectivity index (χ3v) is 4.96. The molecule has 0 aliphatic carbocycles.